The van der Waals surface area contributed by atoms with Gasteiger partial charge < -0.3 is 9.42 Å². The molecular formula is C10H14N2O. The Hall–Kier alpha value is -1.09. The van der Waals surface area contributed by atoms with Crippen molar-refractivity contribution in [2.45, 2.75) is 13.3 Å². The minimum Gasteiger partial charge on any atom is -0.356 e. The average molecular weight is 178 g/mol. The lowest BCUT2D eigenvalue weighted by atomic mass is 10.0. The Balaban J connectivity index is 2.23. The second-order valence-electron chi connectivity index (χ2n) is 3.58. The third-order valence-corrected chi connectivity index (χ3v) is 2.45. The number of aryl methyl sites for hydroxylation is 1. The van der Waals surface area contributed by atoms with Gasteiger partial charge in [-0.25, -0.2) is 0 Å². The van der Waals surface area contributed by atoms with Crippen molar-refractivity contribution >= 4 is 5.57 Å². The fraction of sp³-hybridized carbons (Fsp3) is 0.500. The predicted octanol–water partition coefficient (Wildman–Crippen LogP) is 1.70. The first kappa shape index (κ1) is 8.51. The van der Waals surface area contributed by atoms with Crippen molar-refractivity contribution in [2.24, 2.45) is 0 Å². The van der Waals surface area contributed by atoms with E-state index in [0.717, 1.165) is 30.8 Å². The van der Waals surface area contributed by atoms with E-state index in [-0.39, 0.29) is 0 Å². The van der Waals surface area contributed by atoms with E-state index in [0.29, 0.717) is 0 Å². The summed E-state index contributed by atoms with van der Waals surface area (Å²) in [6.45, 7) is 4.15. The highest BCUT2D eigenvalue weighted by molar-refractivity contribution is 5.64. The third kappa shape index (κ3) is 1.65. The fourth-order valence-electron chi connectivity index (χ4n) is 1.58. The van der Waals surface area contributed by atoms with Gasteiger partial charge in [0.15, 0.2) is 5.76 Å². The quantitative estimate of drug-likeness (QED) is 0.655. The van der Waals surface area contributed by atoms with Crippen LogP contribution in [-0.4, -0.2) is 30.2 Å². The van der Waals surface area contributed by atoms with Crippen molar-refractivity contribution in [3.05, 3.63) is 23.6 Å². The van der Waals surface area contributed by atoms with Crippen LogP contribution in [0.1, 0.15) is 17.7 Å². The van der Waals surface area contributed by atoms with Gasteiger partial charge in [-0.15, -0.1) is 0 Å². The maximum absolute atomic E-state index is 5.20. The first-order chi connectivity index (χ1) is 6.27. The van der Waals surface area contributed by atoms with Gasteiger partial charge in [0.05, 0.1) is 6.20 Å². The molecule has 0 amide bonds. The minimum absolute atomic E-state index is 0.966. The van der Waals surface area contributed by atoms with E-state index in [4.69, 9.17) is 4.52 Å². The van der Waals surface area contributed by atoms with Crippen LogP contribution in [0.4, 0.5) is 0 Å². The summed E-state index contributed by atoms with van der Waals surface area (Å²) in [6, 6.07) is 0. The Morgan fingerprint density at radius 1 is 1.54 bits per heavy atom. The van der Waals surface area contributed by atoms with Crippen LogP contribution >= 0.6 is 0 Å². The first-order valence-electron chi connectivity index (χ1n) is 4.56. The molecular weight excluding hydrogens is 164 g/mol. The second-order valence-corrected chi connectivity index (χ2v) is 3.58. The van der Waals surface area contributed by atoms with Crippen molar-refractivity contribution in [3.63, 3.8) is 0 Å². The summed E-state index contributed by atoms with van der Waals surface area (Å²) in [5.41, 5.74) is 2.43. The highest BCUT2D eigenvalue weighted by atomic mass is 16.5. The number of hydrogen-bond acceptors (Lipinski definition) is 3. The van der Waals surface area contributed by atoms with Crippen molar-refractivity contribution in [3.8, 4) is 0 Å². The van der Waals surface area contributed by atoms with Crippen molar-refractivity contribution < 1.29 is 4.52 Å². The molecule has 3 heteroatoms. The molecule has 1 aromatic heterocycles. The van der Waals surface area contributed by atoms with Gasteiger partial charge >= 0.3 is 0 Å². The maximum Gasteiger partial charge on any atom is 0.165 e. The van der Waals surface area contributed by atoms with Crippen LogP contribution in [0, 0.1) is 6.92 Å². The minimum atomic E-state index is 0.966. The SMILES string of the molecule is Cc1cnoc1C1=CCN(C)CC1. The van der Waals surface area contributed by atoms with E-state index < -0.39 is 0 Å². The lowest BCUT2D eigenvalue weighted by Gasteiger charge is -2.20. The van der Waals surface area contributed by atoms with Gasteiger partial charge in [0.25, 0.3) is 0 Å². The fourth-order valence-corrected chi connectivity index (χ4v) is 1.58. The second kappa shape index (κ2) is 3.34. The molecule has 0 bridgehead atoms. The molecule has 0 aliphatic carbocycles. The summed E-state index contributed by atoms with van der Waals surface area (Å²) in [6.07, 6.45) is 5.05. The van der Waals surface area contributed by atoms with Gasteiger partial charge in [-0.05, 0) is 26.0 Å². The first-order valence-corrected chi connectivity index (χ1v) is 4.56. The summed E-state index contributed by atoms with van der Waals surface area (Å²) in [4.78, 5) is 2.29. The van der Waals surface area contributed by atoms with Crippen molar-refractivity contribution in [1.82, 2.24) is 10.1 Å². The van der Waals surface area contributed by atoms with E-state index in [2.05, 4.69) is 23.2 Å². The molecule has 70 valence electrons. The molecule has 1 aliphatic rings. The van der Waals surface area contributed by atoms with E-state index in [9.17, 15) is 0 Å². The van der Waals surface area contributed by atoms with Crippen LogP contribution in [0.3, 0.4) is 0 Å². The zero-order valence-corrected chi connectivity index (χ0v) is 8.08. The van der Waals surface area contributed by atoms with Crippen LogP contribution in [0.25, 0.3) is 5.57 Å². The lowest BCUT2D eigenvalue weighted by Crippen LogP contribution is -2.23. The van der Waals surface area contributed by atoms with E-state index in [1.165, 1.54) is 5.57 Å². The Labute approximate surface area is 78.0 Å². The summed E-state index contributed by atoms with van der Waals surface area (Å²) >= 11 is 0. The Kier molecular flexibility index (Phi) is 2.19. The molecule has 0 saturated carbocycles. The molecule has 3 nitrogen and oxygen atoms in total. The molecule has 0 saturated heterocycles. The Morgan fingerprint density at radius 3 is 2.92 bits per heavy atom. The summed E-state index contributed by atoms with van der Waals surface area (Å²) in [5, 5.41) is 3.79. The van der Waals surface area contributed by atoms with Gasteiger partial charge in [0, 0.05) is 18.7 Å². The number of nitrogens with zero attached hydrogens (tertiary/aromatic N) is 2. The molecule has 2 heterocycles. The molecule has 1 aromatic rings. The van der Waals surface area contributed by atoms with Crippen LogP contribution in [0.5, 0.6) is 0 Å². The van der Waals surface area contributed by atoms with Gasteiger partial charge in [0.1, 0.15) is 0 Å². The number of hydrogen-bond donors (Lipinski definition) is 0. The predicted molar refractivity (Wildman–Crippen MR) is 51.3 cm³/mol. The molecule has 2 rings (SSSR count). The van der Waals surface area contributed by atoms with Crippen molar-refractivity contribution in [1.29, 1.82) is 0 Å². The lowest BCUT2D eigenvalue weighted by molar-refractivity contribution is 0.361. The molecule has 0 fully saturated rings. The normalized spacial score (nSPS) is 18.8. The molecule has 1 aliphatic heterocycles. The number of rotatable bonds is 1. The highest BCUT2D eigenvalue weighted by Crippen LogP contribution is 2.23. The summed E-state index contributed by atoms with van der Waals surface area (Å²) in [5.74, 6) is 0.966. The van der Waals surface area contributed by atoms with E-state index >= 15 is 0 Å². The zero-order chi connectivity index (χ0) is 9.26. The van der Waals surface area contributed by atoms with Crippen LogP contribution < -0.4 is 0 Å². The Morgan fingerprint density at radius 2 is 2.38 bits per heavy atom. The van der Waals surface area contributed by atoms with Gasteiger partial charge in [0.2, 0.25) is 0 Å². The van der Waals surface area contributed by atoms with E-state index in [1.54, 1.807) is 6.20 Å². The van der Waals surface area contributed by atoms with Crippen LogP contribution in [0.2, 0.25) is 0 Å². The molecule has 0 aromatic carbocycles. The Bertz CT molecular complexity index is 327. The molecule has 0 N–H and O–H groups in total. The average Bonchev–Trinajstić information content (AvgIpc) is 2.53. The zero-order valence-electron chi connectivity index (χ0n) is 8.08. The number of likely N-dealkylation sites (N-methyl/N-ethyl adjacent to an activating group) is 1. The van der Waals surface area contributed by atoms with Crippen LogP contribution in [-0.2, 0) is 0 Å². The molecule has 0 unspecified atom stereocenters. The number of aromatic nitrogens is 1. The topological polar surface area (TPSA) is 29.3 Å². The standard InChI is InChI=1S/C10H14N2O/c1-8-7-11-13-10(8)9-3-5-12(2)6-4-9/h3,7H,4-6H2,1-2H3. The van der Waals surface area contributed by atoms with Gasteiger partial charge in [-0.2, -0.15) is 0 Å². The maximum atomic E-state index is 5.20. The van der Waals surface area contributed by atoms with E-state index in [1.807, 2.05) is 6.92 Å². The molecule has 0 radical (unpaired) electrons. The summed E-state index contributed by atoms with van der Waals surface area (Å²) < 4.78 is 5.20. The molecule has 0 spiro atoms. The smallest absolute Gasteiger partial charge is 0.165 e. The monoisotopic (exact) mass is 178 g/mol. The molecule has 0 atom stereocenters. The third-order valence-electron chi connectivity index (χ3n) is 2.45. The molecule has 13 heavy (non-hydrogen) atoms. The largest absolute Gasteiger partial charge is 0.356 e. The summed E-state index contributed by atoms with van der Waals surface area (Å²) in [7, 11) is 2.13. The van der Waals surface area contributed by atoms with Crippen molar-refractivity contribution in [2.75, 3.05) is 20.1 Å². The van der Waals surface area contributed by atoms with Gasteiger partial charge in [-0.3, -0.25) is 0 Å². The van der Waals surface area contributed by atoms with Gasteiger partial charge in [-0.1, -0.05) is 11.2 Å². The highest BCUT2D eigenvalue weighted by Gasteiger charge is 2.14. The van der Waals surface area contributed by atoms with Crippen LogP contribution in [0.15, 0.2) is 16.8 Å².